The molecule has 2 fully saturated rings. The summed E-state index contributed by atoms with van der Waals surface area (Å²) in [6.45, 7) is 6.05. The monoisotopic (exact) mass is 776 g/mol. The minimum atomic E-state index is -1.67. The van der Waals surface area contributed by atoms with E-state index in [0.717, 1.165) is 11.1 Å². The molecule has 6 atom stereocenters. The van der Waals surface area contributed by atoms with Gasteiger partial charge in [-0.2, -0.15) is 0 Å². The van der Waals surface area contributed by atoms with Crippen molar-refractivity contribution < 1.29 is 33.9 Å². The molecule has 4 amide bonds. The average Bonchev–Trinajstić information content (AvgIpc) is 3.71. The predicted molar refractivity (Wildman–Crippen MR) is 212 cm³/mol. The van der Waals surface area contributed by atoms with Crippen LogP contribution in [0.2, 0.25) is 0 Å². The highest BCUT2D eigenvalue weighted by molar-refractivity contribution is 6.01. The number of piperazine rings is 1. The Morgan fingerprint density at radius 3 is 2.12 bits per heavy atom. The molecule has 56 heavy (non-hydrogen) atoms. The van der Waals surface area contributed by atoms with Crippen LogP contribution in [-0.2, 0) is 41.6 Å². The van der Waals surface area contributed by atoms with Crippen molar-refractivity contribution in [2.24, 2.45) is 17.4 Å². The normalized spacial score (nSPS) is 19.2. The molecule has 2 aliphatic heterocycles. The van der Waals surface area contributed by atoms with Crippen LogP contribution in [0.4, 0.5) is 0 Å². The lowest BCUT2D eigenvalue weighted by molar-refractivity contribution is -0.159. The van der Waals surface area contributed by atoms with Crippen molar-refractivity contribution in [3.05, 3.63) is 71.8 Å². The van der Waals surface area contributed by atoms with E-state index in [2.05, 4.69) is 16.0 Å². The van der Waals surface area contributed by atoms with E-state index >= 15 is 4.79 Å². The van der Waals surface area contributed by atoms with Gasteiger partial charge < -0.3 is 42.3 Å². The van der Waals surface area contributed by atoms with Crippen LogP contribution in [-0.4, -0.2) is 131 Å². The highest BCUT2D eigenvalue weighted by atomic mass is 16.4. The second-order valence-electron chi connectivity index (χ2n) is 15.0. The highest BCUT2D eigenvalue weighted by Gasteiger charge is 2.51. The van der Waals surface area contributed by atoms with Gasteiger partial charge in [0.2, 0.25) is 17.7 Å². The maximum Gasteiger partial charge on any atom is 0.310 e. The summed E-state index contributed by atoms with van der Waals surface area (Å²) in [5.74, 6) is -4.28. The Hall–Kier alpha value is -4.70. The van der Waals surface area contributed by atoms with Crippen molar-refractivity contribution >= 4 is 35.4 Å². The number of ketones is 1. The molecule has 2 aliphatic rings. The van der Waals surface area contributed by atoms with Crippen molar-refractivity contribution in [3.8, 4) is 0 Å². The highest BCUT2D eigenvalue weighted by Crippen LogP contribution is 2.28. The quantitative estimate of drug-likeness (QED) is 0.103. The van der Waals surface area contributed by atoms with E-state index in [0.29, 0.717) is 51.9 Å². The van der Waals surface area contributed by atoms with Crippen molar-refractivity contribution in [3.63, 3.8) is 0 Å². The first kappa shape index (κ1) is 44.0. The number of benzene rings is 2. The Kier molecular flexibility index (Phi) is 16.5. The molecule has 2 saturated heterocycles. The van der Waals surface area contributed by atoms with Gasteiger partial charge in [0.15, 0.2) is 11.4 Å². The van der Waals surface area contributed by atoms with Crippen LogP contribution in [0.5, 0.6) is 0 Å². The zero-order valence-electron chi connectivity index (χ0n) is 33.0. The first-order chi connectivity index (χ1) is 26.8. The van der Waals surface area contributed by atoms with Gasteiger partial charge in [-0.25, -0.2) is 0 Å². The number of likely N-dealkylation sites (tertiary alicyclic amines) is 1. The van der Waals surface area contributed by atoms with Gasteiger partial charge in [0.1, 0.15) is 18.5 Å². The second kappa shape index (κ2) is 21.0. The van der Waals surface area contributed by atoms with Crippen LogP contribution in [0.25, 0.3) is 0 Å². The third-order valence-electron chi connectivity index (χ3n) is 11.1. The summed E-state index contributed by atoms with van der Waals surface area (Å²) in [7, 11) is 1.53. The predicted octanol–water partition coefficient (Wildman–Crippen LogP) is 0.648. The lowest BCUT2D eigenvalue weighted by atomic mass is 9.92. The summed E-state index contributed by atoms with van der Waals surface area (Å²) in [5.41, 5.74) is 12.4. The van der Waals surface area contributed by atoms with Crippen LogP contribution in [0.15, 0.2) is 60.7 Å². The second-order valence-corrected chi connectivity index (χ2v) is 15.0. The Balaban J connectivity index is 1.72. The number of rotatable bonds is 20. The van der Waals surface area contributed by atoms with Crippen LogP contribution < -0.4 is 27.4 Å². The summed E-state index contributed by atoms with van der Waals surface area (Å²) in [6, 6.07) is 14.5. The van der Waals surface area contributed by atoms with Gasteiger partial charge in [-0.15, -0.1) is 0 Å². The number of hydrogen-bond donors (Lipinski definition) is 6. The zero-order chi connectivity index (χ0) is 40.8. The molecule has 0 radical (unpaired) electrons. The Morgan fingerprint density at radius 1 is 0.946 bits per heavy atom. The molecule has 8 N–H and O–H groups in total. The van der Waals surface area contributed by atoms with Gasteiger partial charge in [-0.05, 0) is 55.7 Å². The van der Waals surface area contributed by atoms with Gasteiger partial charge >= 0.3 is 5.97 Å². The fraction of sp³-hybridized carbons (Fsp3) is 0.561. The maximum atomic E-state index is 15.4. The first-order valence-electron chi connectivity index (χ1n) is 19.8. The van der Waals surface area contributed by atoms with E-state index < -0.39 is 71.6 Å². The van der Waals surface area contributed by atoms with Crippen LogP contribution in [0.3, 0.4) is 0 Å². The summed E-state index contributed by atoms with van der Waals surface area (Å²) in [5, 5.41) is 18.7. The van der Waals surface area contributed by atoms with E-state index in [-0.39, 0.29) is 38.3 Å². The third kappa shape index (κ3) is 11.2. The number of nitrogens with one attached hydrogen (secondary N) is 3. The van der Waals surface area contributed by atoms with E-state index in [1.54, 1.807) is 0 Å². The number of aliphatic carboxylic acids is 1. The number of carboxylic acid groups (broad SMARTS) is 1. The van der Waals surface area contributed by atoms with Crippen molar-refractivity contribution in [2.45, 2.75) is 95.0 Å². The van der Waals surface area contributed by atoms with Crippen LogP contribution in [0.1, 0.15) is 63.5 Å². The van der Waals surface area contributed by atoms with E-state index in [1.807, 2.05) is 79.4 Å². The van der Waals surface area contributed by atoms with E-state index in [1.165, 1.54) is 16.8 Å². The van der Waals surface area contributed by atoms with Crippen LogP contribution >= 0.6 is 0 Å². The number of carboxylic acids is 1. The number of hydrogen-bond acceptors (Lipinski definition) is 10. The van der Waals surface area contributed by atoms with E-state index in [4.69, 9.17) is 11.5 Å². The Labute approximate surface area is 329 Å². The molecule has 0 spiro atoms. The molecule has 0 bridgehead atoms. The van der Waals surface area contributed by atoms with Gasteiger partial charge in [0.25, 0.3) is 5.91 Å². The molecule has 0 aromatic heterocycles. The van der Waals surface area contributed by atoms with Crippen molar-refractivity contribution in [2.75, 3.05) is 46.3 Å². The molecule has 0 unspecified atom stereocenters. The maximum absolute atomic E-state index is 15.4. The van der Waals surface area contributed by atoms with Gasteiger partial charge in [0.05, 0.1) is 12.1 Å². The molecule has 4 rings (SSSR count). The van der Waals surface area contributed by atoms with Crippen molar-refractivity contribution in [1.29, 1.82) is 0 Å². The molecule has 2 aromatic carbocycles. The summed E-state index contributed by atoms with van der Waals surface area (Å²) in [4.78, 5) is 87.4. The molecule has 2 heterocycles. The molecule has 306 valence electrons. The number of likely N-dealkylation sites (N-methyl/N-ethyl adjacent to an activating group) is 1. The fourth-order valence-electron chi connectivity index (χ4n) is 7.69. The SMILES string of the molecule is CC[C@H](C)[C@H](NC(=O)[C@H](N)Cc1ccccc1)C(=O)N[C@@](CCCN)(C(=O)N(C)[C@@H](Cc1ccccc1)C(=O)N1CCC[C@H]1C(=O)CC(=O)O)N1CCNCC1. The molecule has 0 saturated carbocycles. The minimum absolute atomic E-state index is 0.103. The fourth-order valence-corrected chi connectivity index (χ4v) is 7.69. The number of nitrogens with two attached hydrogens (primary N) is 2. The first-order valence-corrected chi connectivity index (χ1v) is 19.8. The van der Waals surface area contributed by atoms with E-state index in [9.17, 15) is 29.1 Å². The molecule has 2 aromatic rings. The lowest BCUT2D eigenvalue weighted by Crippen LogP contribution is -2.74. The summed E-state index contributed by atoms with van der Waals surface area (Å²) >= 11 is 0. The Bertz CT molecular complexity index is 1640. The third-order valence-corrected chi connectivity index (χ3v) is 11.1. The topological polar surface area (TPSA) is 220 Å². The zero-order valence-corrected chi connectivity index (χ0v) is 33.0. The molecule has 15 heteroatoms. The number of nitrogens with zero attached hydrogens (tertiary/aromatic N) is 3. The molecule has 15 nitrogen and oxygen atoms in total. The number of amides is 4. The van der Waals surface area contributed by atoms with Gasteiger partial charge in [0, 0.05) is 46.2 Å². The molecular formula is C41H60N8O7. The standard InChI is InChI=1S/C41H60N8O7/c1-4-28(2)36(45-37(53)31(43)25-29-13-7-5-8-14-29)38(54)46-41(18-12-19-42,48-23-20-44-21-24-48)40(56)47(3)33(26-30-15-9-6-10-16-30)39(55)49-22-11-17-32(49)34(50)27-35(51)52/h5-10,13-16,28,31-33,36,44H,4,11-12,17-27,42-43H2,1-3H3,(H,45,53)(H,46,54)(H,51,52)/t28-,31+,32-,33-,36-,41+/m0/s1. The number of Topliss-reactive ketones (excluding diaryl/α,β-unsaturated/α-hetero) is 1. The number of carbonyl (C=O) groups excluding carboxylic acids is 5. The molecule has 0 aliphatic carbocycles. The summed E-state index contributed by atoms with van der Waals surface area (Å²) in [6.07, 6.45) is 1.48. The lowest BCUT2D eigenvalue weighted by Gasteiger charge is -2.48. The minimum Gasteiger partial charge on any atom is -0.481 e. The molecular weight excluding hydrogens is 716 g/mol. The van der Waals surface area contributed by atoms with Gasteiger partial charge in [-0.1, -0.05) is 80.9 Å². The largest absolute Gasteiger partial charge is 0.481 e. The average molecular weight is 777 g/mol. The van der Waals surface area contributed by atoms with Crippen molar-refractivity contribution in [1.82, 2.24) is 30.7 Å². The number of carbonyl (C=O) groups is 6. The summed E-state index contributed by atoms with van der Waals surface area (Å²) < 4.78 is 0. The Morgan fingerprint density at radius 2 is 1.55 bits per heavy atom. The van der Waals surface area contributed by atoms with Crippen LogP contribution in [0, 0.1) is 5.92 Å². The van der Waals surface area contributed by atoms with Gasteiger partial charge in [-0.3, -0.25) is 33.7 Å². The smallest absolute Gasteiger partial charge is 0.310 e.